The highest BCUT2D eigenvalue weighted by molar-refractivity contribution is 5.95. The predicted molar refractivity (Wildman–Crippen MR) is 107 cm³/mol. The standard InChI is InChI=1S/C20H24N6O2/c1-4-21-18-9-10-22-19(25-18)14-6-5-7-15(12-14)20(27)24-16(13-28-3)17-8-11-23-26(17)2/h5-12,16H,4,13H2,1-3H3,(H,24,27)(H,21,22,25)/t16-/m0/s1. The lowest BCUT2D eigenvalue weighted by Crippen LogP contribution is -2.32. The highest BCUT2D eigenvalue weighted by Crippen LogP contribution is 2.19. The van der Waals surface area contributed by atoms with Gasteiger partial charge in [0.15, 0.2) is 5.82 Å². The van der Waals surface area contributed by atoms with Crippen molar-refractivity contribution in [2.24, 2.45) is 7.05 Å². The smallest absolute Gasteiger partial charge is 0.251 e. The minimum Gasteiger partial charge on any atom is -0.382 e. The Morgan fingerprint density at radius 1 is 1.25 bits per heavy atom. The molecule has 0 aliphatic carbocycles. The lowest BCUT2D eigenvalue weighted by molar-refractivity contribution is 0.0892. The second-order valence-electron chi connectivity index (χ2n) is 6.24. The first-order chi connectivity index (χ1) is 13.6. The Balaban J connectivity index is 1.82. The lowest BCUT2D eigenvalue weighted by Gasteiger charge is -2.18. The van der Waals surface area contributed by atoms with Crippen molar-refractivity contribution in [3.05, 3.63) is 60.0 Å². The van der Waals surface area contributed by atoms with Crippen LogP contribution in [-0.2, 0) is 11.8 Å². The van der Waals surface area contributed by atoms with Gasteiger partial charge in [0.2, 0.25) is 0 Å². The number of rotatable bonds is 8. The van der Waals surface area contributed by atoms with Crippen molar-refractivity contribution in [3.8, 4) is 11.4 Å². The molecule has 28 heavy (non-hydrogen) atoms. The summed E-state index contributed by atoms with van der Waals surface area (Å²) in [5.74, 6) is 1.11. The molecule has 0 unspecified atom stereocenters. The van der Waals surface area contributed by atoms with Gasteiger partial charge in [0, 0.05) is 44.2 Å². The number of ether oxygens (including phenoxy) is 1. The Kier molecular flexibility index (Phi) is 6.33. The molecule has 2 heterocycles. The molecule has 0 spiro atoms. The average Bonchev–Trinajstić information content (AvgIpc) is 3.14. The number of hydrogen-bond donors (Lipinski definition) is 2. The molecule has 3 rings (SSSR count). The van der Waals surface area contributed by atoms with Crippen LogP contribution < -0.4 is 10.6 Å². The molecule has 8 heteroatoms. The minimum absolute atomic E-state index is 0.201. The van der Waals surface area contributed by atoms with Gasteiger partial charge in [-0.05, 0) is 31.2 Å². The monoisotopic (exact) mass is 380 g/mol. The molecule has 0 fully saturated rings. The molecular weight excluding hydrogens is 356 g/mol. The number of hydrogen-bond acceptors (Lipinski definition) is 6. The fourth-order valence-electron chi connectivity index (χ4n) is 2.91. The zero-order chi connectivity index (χ0) is 19.9. The summed E-state index contributed by atoms with van der Waals surface area (Å²) in [5.41, 5.74) is 2.17. The van der Waals surface area contributed by atoms with Crippen molar-refractivity contribution in [1.82, 2.24) is 25.1 Å². The van der Waals surface area contributed by atoms with Crippen molar-refractivity contribution in [2.45, 2.75) is 13.0 Å². The van der Waals surface area contributed by atoms with Crippen LogP contribution in [0, 0.1) is 0 Å². The zero-order valence-corrected chi connectivity index (χ0v) is 16.2. The molecule has 2 aromatic heterocycles. The summed E-state index contributed by atoms with van der Waals surface area (Å²) in [7, 11) is 3.43. The summed E-state index contributed by atoms with van der Waals surface area (Å²) in [5, 5.41) is 10.3. The molecule has 8 nitrogen and oxygen atoms in total. The van der Waals surface area contributed by atoms with E-state index in [-0.39, 0.29) is 11.9 Å². The number of methoxy groups -OCH3 is 1. The van der Waals surface area contributed by atoms with Crippen LogP contribution in [0.1, 0.15) is 29.0 Å². The first kappa shape index (κ1) is 19.5. The van der Waals surface area contributed by atoms with Crippen LogP contribution in [-0.4, -0.2) is 45.9 Å². The van der Waals surface area contributed by atoms with E-state index in [9.17, 15) is 4.79 Å². The van der Waals surface area contributed by atoms with E-state index in [1.165, 1.54) is 0 Å². The normalized spacial score (nSPS) is 11.8. The number of nitrogens with one attached hydrogen (secondary N) is 2. The van der Waals surface area contributed by atoms with Crippen molar-refractivity contribution < 1.29 is 9.53 Å². The van der Waals surface area contributed by atoms with E-state index in [1.807, 2.05) is 38.2 Å². The Morgan fingerprint density at radius 3 is 2.82 bits per heavy atom. The van der Waals surface area contributed by atoms with Crippen LogP contribution in [0.5, 0.6) is 0 Å². The third kappa shape index (κ3) is 4.52. The topological polar surface area (TPSA) is 94.0 Å². The number of benzene rings is 1. The SMILES string of the molecule is CCNc1ccnc(-c2cccc(C(=O)N[C@@H](COC)c3ccnn3C)c2)n1. The van der Waals surface area contributed by atoms with E-state index < -0.39 is 0 Å². The van der Waals surface area contributed by atoms with Crippen LogP contribution in [0.3, 0.4) is 0 Å². The van der Waals surface area contributed by atoms with Crippen molar-refractivity contribution in [1.29, 1.82) is 0 Å². The molecular formula is C20H24N6O2. The predicted octanol–water partition coefficient (Wildman–Crippen LogP) is 2.43. The Bertz CT molecular complexity index is 940. The summed E-state index contributed by atoms with van der Waals surface area (Å²) >= 11 is 0. The van der Waals surface area contributed by atoms with Gasteiger partial charge >= 0.3 is 0 Å². The second kappa shape index (κ2) is 9.09. The number of carbonyl (C=O) groups is 1. The lowest BCUT2D eigenvalue weighted by atomic mass is 10.1. The van der Waals surface area contributed by atoms with Crippen LogP contribution in [0.25, 0.3) is 11.4 Å². The van der Waals surface area contributed by atoms with Gasteiger partial charge in [-0.25, -0.2) is 9.97 Å². The van der Waals surface area contributed by atoms with Gasteiger partial charge in [0.05, 0.1) is 18.3 Å². The van der Waals surface area contributed by atoms with Crippen molar-refractivity contribution >= 4 is 11.7 Å². The van der Waals surface area contributed by atoms with Gasteiger partial charge in [0.1, 0.15) is 5.82 Å². The molecule has 0 radical (unpaired) electrons. The van der Waals surface area contributed by atoms with Gasteiger partial charge in [-0.15, -0.1) is 0 Å². The van der Waals surface area contributed by atoms with Crippen LogP contribution in [0.15, 0.2) is 48.8 Å². The first-order valence-corrected chi connectivity index (χ1v) is 9.07. The van der Waals surface area contributed by atoms with Gasteiger partial charge in [0.25, 0.3) is 5.91 Å². The maximum atomic E-state index is 12.8. The minimum atomic E-state index is -0.304. The van der Waals surface area contributed by atoms with E-state index in [2.05, 4.69) is 25.7 Å². The fraction of sp³-hybridized carbons (Fsp3) is 0.300. The largest absolute Gasteiger partial charge is 0.382 e. The molecule has 0 aliphatic rings. The molecule has 0 saturated carbocycles. The quantitative estimate of drug-likeness (QED) is 0.623. The Hall–Kier alpha value is -3.26. The van der Waals surface area contributed by atoms with Crippen molar-refractivity contribution in [3.63, 3.8) is 0 Å². The van der Waals surface area contributed by atoms with E-state index in [0.717, 1.165) is 23.6 Å². The number of anilines is 1. The van der Waals surface area contributed by atoms with Gasteiger partial charge in [-0.2, -0.15) is 5.10 Å². The molecule has 2 N–H and O–H groups in total. The Labute approximate surface area is 164 Å². The van der Waals surface area contributed by atoms with Crippen LogP contribution in [0.4, 0.5) is 5.82 Å². The molecule has 0 bridgehead atoms. The highest BCUT2D eigenvalue weighted by Gasteiger charge is 2.19. The summed E-state index contributed by atoms with van der Waals surface area (Å²) in [6, 6.07) is 10.6. The maximum absolute atomic E-state index is 12.8. The van der Waals surface area contributed by atoms with Gasteiger partial charge < -0.3 is 15.4 Å². The van der Waals surface area contributed by atoms with Crippen molar-refractivity contribution in [2.75, 3.05) is 25.6 Å². The van der Waals surface area contributed by atoms with E-state index in [1.54, 1.807) is 36.3 Å². The number of aryl methyl sites for hydroxylation is 1. The summed E-state index contributed by atoms with van der Waals surface area (Å²) in [4.78, 5) is 21.7. The van der Waals surface area contributed by atoms with E-state index in [0.29, 0.717) is 18.0 Å². The number of nitrogens with zero attached hydrogens (tertiary/aromatic N) is 4. The average molecular weight is 380 g/mol. The van der Waals surface area contributed by atoms with Crippen LogP contribution in [0.2, 0.25) is 0 Å². The summed E-state index contributed by atoms with van der Waals surface area (Å²) in [6.07, 6.45) is 3.39. The van der Waals surface area contributed by atoms with Gasteiger partial charge in [-0.3, -0.25) is 9.48 Å². The second-order valence-corrected chi connectivity index (χ2v) is 6.24. The third-order valence-corrected chi connectivity index (χ3v) is 4.25. The maximum Gasteiger partial charge on any atom is 0.251 e. The fourth-order valence-corrected chi connectivity index (χ4v) is 2.91. The zero-order valence-electron chi connectivity index (χ0n) is 16.2. The number of carbonyl (C=O) groups excluding carboxylic acids is 1. The molecule has 1 amide bonds. The first-order valence-electron chi connectivity index (χ1n) is 9.07. The van der Waals surface area contributed by atoms with Gasteiger partial charge in [-0.1, -0.05) is 12.1 Å². The molecule has 146 valence electrons. The van der Waals surface area contributed by atoms with E-state index in [4.69, 9.17) is 4.74 Å². The number of amides is 1. The highest BCUT2D eigenvalue weighted by atomic mass is 16.5. The van der Waals surface area contributed by atoms with E-state index >= 15 is 0 Å². The molecule has 3 aromatic rings. The Morgan fingerprint density at radius 2 is 2.11 bits per heavy atom. The molecule has 0 saturated heterocycles. The summed E-state index contributed by atoms with van der Waals surface area (Å²) in [6.45, 7) is 3.12. The summed E-state index contributed by atoms with van der Waals surface area (Å²) < 4.78 is 6.99. The molecule has 0 aliphatic heterocycles. The molecule has 1 aromatic carbocycles. The molecule has 1 atom stereocenters. The third-order valence-electron chi connectivity index (χ3n) is 4.25. The number of aromatic nitrogens is 4. The van der Waals surface area contributed by atoms with Crippen LogP contribution >= 0.6 is 0 Å².